The fraction of sp³-hybridized carbons (Fsp3) is 0.267. The Kier molecular flexibility index (Phi) is 6.97. The number of rotatable bonds is 6. The monoisotopic (exact) mass is 487 g/mol. The summed E-state index contributed by atoms with van der Waals surface area (Å²) < 4.78 is 19.3. The Labute approximate surface area is 210 Å². The molecule has 0 bridgehead atoms. The maximum absolute atomic E-state index is 13.5. The van der Waals surface area contributed by atoms with Crippen LogP contribution in [-0.4, -0.2) is 23.4 Å². The van der Waals surface area contributed by atoms with Gasteiger partial charge < -0.3 is 9.84 Å². The lowest BCUT2D eigenvalue weighted by atomic mass is 9.85. The van der Waals surface area contributed by atoms with E-state index in [0.29, 0.717) is 23.6 Å². The molecule has 0 radical (unpaired) electrons. The van der Waals surface area contributed by atoms with E-state index in [9.17, 15) is 19.1 Å². The van der Waals surface area contributed by atoms with Gasteiger partial charge in [0.1, 0.15) is 17.3 Å². The smallest absolute Gasteiger partial charge is 0.300 e. The van der Waals surface area contributed by atoms with Crippen LogP contribution in [0.25, 0.3) is 5.76 Å². The molecule has 0 spiro atoms. The van der Waals surface area contributed by atoms with Gasteiger partial charge in [-0.1, -0.05) is 58.0 Å². The number of nitrogens with zero attached hydrogens (tertiary/aromatic N) is 1. The zero-order valence-corrected chi connectivity index (χ0v) is 20.9. The molecule has 6 heteroatoms. The third kappa shape index (κ3) is 4.89. The second-order valence-corrected chi connectivity index (χ2v) is 9.89. The summed E-state index contributed by atoms with van der Waals surface area (Å²) in [7, 11) is 0. The summed E-state index contributed by atoms with van der Waals surface area (Å²) >= 11 is 0. The van der Waals surface area contributed by atoms with Crippen molar-refractivity contribution in [1.29, 1.82) is 0 Å². The van der Waals surface area contributed by atoms with Gasteiger partial charge in [0.15, 0.2) is 0 Å². The SMILES string of the molecule is CCCOc1cccc(N2C(=O)C(=O)/C(=C(/O)c3ccc(F)cc3)C2c2ccc(C(C)(C)C)cc2)c1. The van der Waals surface area contributed by atoms with Crippen LogP contribution in [0.3, 0.4) is 0 Å². The third-order valence-corrected chi connectivity index (χ3v) is 6.22. The minimum atomic E-state index is -0.870. The highest BCUT2D eigenvalue weighted by molar-refractivity contribution is 6.51. The van der Waals surface area contributed by atoms with Gasteiger partial charge in [-0.3, -0.25) is 14.5 Å². The molecule has 1 N–H and O–H groups in total. The van der Waals surface area contributed by atoms with Gasteiger partial charge in [-0.25, -0.2) is 4.39 Å². The van der Waals surface area contributed by atoms with Gasteiger partial charge in [-0.05, 0) is 59.4 Å². The van der Waals surface area contributed by atoms with Gasteiger partial charge in [-0.2, -0.15) is 0 Å². The quantitative estimate of drug-likeness (QED) is 0.244. The number of benzene rings is 3. The number of hydrogen-bond donors (Lipinski definition) is 1. The molecule has 0 aromatic heterocycles. The minimum absolute atomic E-state index is 0.0463. The van der Waals surface area contributed by atoms with Crippen molar-refractivity contribution in [3.63, 3.8) is 0 Å². The maximum Gasteiger partial charge on any atom is 0.300 e. The molecule has 1 heterocycles. The van der Waals surface area contributed by atoms with Crippen molar-refractivity contribution in [2.45, 2.75) is 45.6 Å². The number of aliphatic hydroxyl groups excluding tert-OH is 1. The van der Waals surface area contributed by atoms with Crippen molar-refractivity contribution in [1.82, 2.24) is 0 Å². The zero-order valence-electron chi connectivity index (χ0n) is 20.9. The molecule has 3 aromatic rings. The third-order valence-electron chi connectivity index (χ3n) is 6.22. The summed E-state index contributed by atoms with van der Waals surface area (Å²) in [5.41, 5.74) is 2.37. The average molecular weight is 488 g/mol. The molecule has 186 valence electrons. The average Bonchev–Trinajstić information content (AvgIpc) is 3.13. The van der Waals surface area contributed by atoms with E-state index in [-0.39, 0.29) is 22.3 Å². The number of aliphatic hydroxyl groups is 1. The molecule has 1 aliphatic rings. The highest BCUT2D eigenvalue weighted by Crippen LogP contribution is 2.43. The number of ether oxygens (including phenoxy) is 1. The predicted molar refractivity (Wildman–Crippen MR) is 139 cm³/mol. The van der Waals surface area contributed by atoms with E-state index in [1.807, 2.05) is 31.2 Å². The van der Waals surface area contributed by atoms with E-state index < -0.39 is 23.5 Å². The number of amides is 1. The molecular weight excluding hydrogens is 457 g/mol. The molecule has 1 fully saturated rings. The van der Waals surface area contributed by atoms with Gasteiger partial charge in [-0.15, -0.1) is 0 Å². The van der Waals surface area contributed by atoms with E-state index in [1.54, 1.807) is 24.3 Å². The number of carbonyl (C=O) groups is 2. The second-order valence-electron chi connectivity index (χ2n) is 9.89. The highest BCUT2D eigenvalue weighted by atomic mass is 19.1. The van der Waals surface area contributed by atoms with E-state index in [1.165, 1.54) is 29.2 Å². The standard InChI is InChI=1S/C30H30FNO4/c1-5-17-36-24-8-6-7-23(18-24)32-26(19-9-13-21(14-10-19)30(2,3)4)25(28(34)29(32)35)27(33)20-11-15-22(31)16-12-20/h6-16,18,26,33H,5,17H2,1-4H3/b27-25+. The number of halogens is 1. The van der Waals surface area contributed by atoms with Crippen LogP contribution >= 0.6 is 0 Å². The van der Waals surface area contributed by atoms with Crippen LogP contribution in [0.4, 0.5) is 10.1 Å². The first kappa shape index (κ1) is 25.2. The number of ketones is 1. The molecule has 36 heavy (non-hydrogen) atoms. The predicted octanol–water partition coefficient (Wildman–Crippen LogP) is 6.54. The highest BCUT2D eigenvalue weighted by Gasteiger charge is 2.47. The summed E-state index contributed by atoms with van der Waals surface area (Å²) in [5, 5.41) is 11.2. The molecule has 1 amide bonds. The van der Waals surface area contributed by atoms with Gasteiger partial charge in [0.25, 0.3) is 11.7 Å². The number of hydrogen-bond acceptors (Lipinski definition) is 4. The summed E-state index contributed by atoms with van der Waals surface area (Å²) in [5.74, 6) is -1.79. The molecule has 0 aliphatic carbocycles. The van der Waals surface area contributed by atoms with Crippen LogP contribution in [-0.2, 0) is 15.0 Å². The largest absolute Gasteiger partial charge is 0.507 e. The van der Waals surface area contributed by atoms with Crippen molar-refractivity contribution >= 4 is 23.1 Å². The fourth-order valence-corrected chi connectivity index (χ4v) is 4.29. The molecule has 1 unspecified atom stereocenters. The van der Waals surface area contributed by atoms with E-state index >= 15 is 0 Å². The first-order chi connectivity index (χ1) is 17.1. The molecule has 4 rings (SSSR count). The first-order valence-corrected chi connectivity index (χ1v) is 12.0. The minimum Gasteiger partial charge on any atom is -0.507 e. The molecule has 1 saturated heterocycles. The van der Waals surface area contributed by atoms with E-state index in [4.69, 9.17) is 4.74 Å². The van der Waals surface area contributed by atoms with Crippen LogP contribution in [0.1, 0.15) is 56.8 Å². The molecule has 1 atom stereocenters. The number of anilines is 1. The van der Waals surface area contributed by atoms with Gasteiger partial charge in [0.2, 0.25) is 0 Å². The second kappa shape index (κ2) is 9.97. The molecule has 0 saturated carbocycles. The summed E-state index contributed by atoms with van der Waals surface area (Å²) in [6, 6.07) is 19.0. The number of carbonyl (C=O) groups excluding carboxylic acids is 2. The molecular formula is C30H30FNO4. The maximum atomic E-state index is 13.5. The Bertz CT molecular complexity index is 1300. The Morgan fingerprint density at radius 3 is 2.28 bits per heavy atom. The van der Waals surface area contributed by atoms with E-state index in [0.717, 1.165) is 12.0 Å². The van der Waals surface area contributed by atoms with Crippen molar-refractivity contribution in [3.8, 4) is 5.75 Å². The van der Waals surface area contributed by atoms with E-state index in [2.05, 4.69) is 20.8 Å². The Hall–Kier alpha value is -3.93. The first-order valence-electron chi connectivity index (χ1n) is 12.0. The van der Waals surface area contributed by atoms with Crippen molar-refractivity contribution in [2.75, 3.05) is 11.5 Å². The lowest BCUT2D eigenvalue weighted by Crippen LogP contribution is -2.29. The summed E-state index contributed by atoms with van der Waals surface area (Å²) in [4.78, 5) is 28.1. The van der Waals surface area contributed by atoms with Crippen molar-refractivity contribution < 1.29 is 23.8 Å². The normalized spacial score (nSPS) is 17.5. The Morgan fingerprint density at radius 1 is 1.00 bits per heavy atom. The van der Waals surface area contributed by atoms with Crippen LogP contribution in [0.2, 0.25) is 0 Å². The lowest BCUT2D eigenvalue weighted by Gasteiger charge is -2.27. The molecule has 3 aromatic carbocycles. The fourth-order valence-electron chi connectivity index (χ4n) is 4.29. The Morgan fingerprint density at radius 2 is 1.67 bits per heavy atom. The number of Topliss-reactive ketones (excluding diaryl/α,β-unsaturated/α-hetero) is 1. The van der Waals surface area contributed by atoms with Crippen LogP contribution in [0.15, 0.2) is 78.4 Å². The van der Waals surface area contributed by atoms with Crippen molar-refractivity contribution in [2.24, 2.45) is 0 Å². The van der Waals surface area contributed by atoms with Crippen LogP contribution in [0.5, 0.6) is 5.75 Å². The zero-order chi connectivity index (χ0) is 26.0. The molecule has 5 nitrogen and oxygen atoms in total. The van der Waals surface area contributed by atoms with Gasteiger partial charge >= 0.3 is 0 Å². The van der Waals surface area contributed by atoms with Gasteiger partial charge in [0.05, 0.1) is 18.2 Å². The topological polar surface area (TPSA) is 66.8 Å². The Balaban J connectivity index is 1.89. The summed E-state index contributed by atoms with van der Waals surface area (Å²) in [6.07, 6.45) is 0.826. The van der Waals surface area contributed by atoms with Crippen molar-refractivity contribution in [3.05, 3.63) is 101 Å². The van der Waals surface area contributed by atoms with Crippen LogP contribution in [0, 0.1) is 5.82 Å². The summed E-state index contributed by atoms with van der Waals surface area (Å²) in [6.45, 7) is 8.82. The van der Waals surface area contributed by atoms with Gasteiger partial charge in [0, 0.05) is 17.3 Å². The van der Waals surface area contributed by atoms with Crippen LogP contribution < -0.4 is 9.64 Å². The lowest BCUT2D eigenvalue weighted by molar-refractivity contribution is -0.132. The molecule has 1 aliphatic heterocycles.